The predicted molar refractivity (Wildman–Crippen MR) is 101 cm³/mol. The van der Waals surface area contributed by atoms with E-state index in [1.54, 1.807) is 0 Å². The fraction of sp³-hybridized carbons (Fsp3) is 0.350. The number of hydrogen-bond donors (Lipinski definition) is 2. The van der Waals surface area contributed by atoms with E-state index in [1.807, 2.05) is 42.3 Å². The van der Waals surface area contributed by atoms with E-state index in [0.717, 1.165) is 24.9 Å². The molecule has 1 heterocycles. The van der Waals surface area contributed by atoms with Crippen LogP contribution in [0.1, 0.15) is 31.2 Å². The minimum atomic E-state index is 0.501. The molecule has 0 saturated carbocycles. The van der Waals surface area contributed by atoms with Crippen LogP contribution in [0, 0.1) is 11.5 Å². The van der Waals surface area contributed by atoms with Crippen molar-refractivity contribution in [1.82, 2.24) is 5.32 Å². The summed E-state index contributed by atoms with van der Waals surface area (Å²) in [6.45, 7) is 0.711. The molecule has 0 radical (unpaired) electrons. The molecule has 0 aliphatic carbocycles. The first-order valence-electron chi connectivity index (χ1n) is 8.74. The molecule has 0 saturated heterocycles. The summed E-state index contributed by atoms with van der Waals surface area (Å²) in [7, 11) is 1.96. The molecule has 0 unspecified atom stereocenters. The van der Waals surface area contributed by atoms with E-state index in [2.05, 4.69) is 46.0 Å². The van der Waals surface area contributed by atoms with Crippen molar-refractivity contribution in [2.75, 3.05) is 11.9 Å². The maximum atomic E-state index is 8.85. The van der Waals surface area contributed by atoms with Gasteiger partial charge < -0.3 is 5.32 Å². The molecule has 0 aliphatic heterocycles. The first-order chi connectivity index (χ1) is 12.3. The van der Waals surface area contributed by atoms with Gasteiger partial charge in [-0.05, 0) is 24.8 Å². The Morgan fingerprint density at radius 2 is 1.76 bits per heavy atom. The molecule has 0 fully saturated rings. The predicted octanol–water partition coefficient (Wildman–Crippen LogP) is 3.15. The standard InChI is InChI=1S/C20H25N5/c1-25-15-12-19(13-16-25)24-20(23-17-21)22-14-8-3-2-5-9-18-10-6-4-7-11-18/h4,6-7,10-13,15-16H,2-3,5,8-9,14H2,1H3,(H,22,23)/p+1. The SMILES string of the molecule is C[n+]1ccc(NC(=NCCCCCCc2ccccc2)NC#N)cc1. The van der Waals surface area contributed by atoms with E-state index in [-0.39, 0.29) is 0 Å². The average molecular weight is 336 g/mol. The van der Waals surface area contributed by atoms with Gasteiger partial charge >= 0.3 is 0 Å². The molecule has 2 rings (SSSR count). The second-order valence-corrected chi connectivity index (χ2v) is 5.99. The monoisotopic (exact) mass is 336 g/mol. The van der Waals surface area contributed by atoms with Crippen LogP contribution in [-0.2, 0) is 13.5 Å². The van der Waals surface area contributed by atoms with Crippen LogP contribution in [0.15, 0.2) is 59.9 Å². The molecule has 1 aromatic heterocycles. The Bertz CT molecular complexity index is 686. The summed E-state index contributed by atoms with van der Waals surface area (Å²) in [5.74, 6) is 0.501. The van der Waals surface area contributed by atoms with Crippen molar-refractivity contribution in [3.63, 3.8) is 0 Å². The lowest BCUT2D eigenvalue weighted by molar-refractivity contribution is -0.671. The Kier molecular flexibility index (Phi) is 7.99. The van der Waals surface area contributed by atoms with Crippen LogP contribution >= 0.6 is 0 Å². The summed E-state index contributed by atoms with van der Waals surface area (Å²) in [5.41, 5.74) is 2.31. The second-order valence-electron chi connectivity index (χ2n) is 5.99. The smallest absolute Gasteiger partial charge is 0.209 e. The van der Waals surface area contributed by atoms with Gasteiger partial charge in [-0.2, -0.15) is 5.26 Å². The van der Waals surface area contributed by atoms with Crippen molar-refractivity contribution >= 4 is 11.6 Å². The lowest BCUT2D eigenvalue weighted by atomic mass is 10.1. The third-order valence-electron chi connectivity index (χ3n) is 3.90. The second kappa shape index (κ2) is 10.8. The highest BCUT2D eigenvalue weighted by Crippen LogP contribution is 2.08. The van der Waals surface area contributed by atoms with Crippen LogP contribution < -0.4 is 15.2 Å². The highest BCUT2D eigenvalue weighted by Gasteiger charge is 2.01. The summed E-state index contributed by atoms with van der Waals surface area (Å²) in [4.78, 5) is 4.45. The lowest BCUT2D eigenvalue weighted by Crippen LogP contribution is -2.29. The highest BCUT2D eigenvalue weighted by molar-refractivity contribution is 5.94. The number of rotatable bonds is 8. The van der Waals surface area contributed by atoms with E-state index < -0.39 is 0 Å². The number of benzene rings is 1. The normalized spacial score (nSPS) is 11.0. The van der Waals surface area contributed by atoms with Crippen LogP contribution in [0.5, 0.6) is 0 Å². The van der Waals surface area contributed by atoms with Crippen molar-refractivity contribution in [2.45, 2.75) is 32.1 Å². The quantitative estimate of drug-likeness (QED) is 0.194. The van der Waals surface area contributed by atoms with Gasteiger partial charge in [-0.15, -0.1) is 0 Å². The number of nitrogens with zero attached hydrogens (tertiary/aromatic N) is 3. The fourth-order valence-corrected chi connectivity index (χ4v) is 2.51. The Balaban J connectivity index is 1.67. The van der Waals surface area contributed by atoms with E-state index in [4.69, 9.17) is 5.26 Å². The molecule has 5 nitrogen and oxygen atoms in total. The summed E-state index contributed by atoms with van der Waals surface area (Å²) >= 11 is 0. The van der Waals surface area contributed by atoms with Gasteiger partial charge in [-0.1, -0.05) is 43.2 Å². The summed E-state index contributed by atoms with van der Waals surface area (Å²) in [6.07, 6.45) is 11.5. The van der Waals surface area contributed by atoms with Gasteiger partial charge in [-0.25, -0.2) is 4.57 Å². The van der Waals surface area contributed by atoms with Crippen molar-refractivity contribution in [3.8, 4) is 6.19 Å². The summed E-state index contributed by atoms with van der Waals surface area (Å²) < 4.78 is 1.95. The summed E-state index contributed by atoms with van der Waals surface area (Å²) in [6, 6.07) is 14.5. The molecule has 0 spiro atoms. The number of nitrogens with one attached hydrogen (secondary N) is 2. The van der Waals surface area contributed by atoms with Gasteiger partial charge in [0.15, 0.2) is 18.6 Å². The number of nitriles is 1. The first kappa shape index (κ1) is 18.5. The Morgan fingerprint density at radius 3 is 2.48 bits per heavy atom. The third-order valence-corrected chi connectivity index (χ3v) is 3.90. The summed E-state index contributed by atoms with van der Waals surface area (Å²) in [5, 5.41) is 14.6. The number of aryl methyl sites for hydroxylation is 2. The number of hydrogen-bond acceptors (Lipinski definition) is 2. The molecular weight excluding hydrogens is 310 g/mol. The average Bonchev–Trinajstić information content (AvgIpc) is 2.64. The molecule has 1 aromatic carbocycles. The van der Waals surface area contributed by atoms with Crippen LogP contribution in [0.25, 0.3) is 0 Å². The van der Waals surface area contributed by atoms with Gasteiger partial charge in [-0.3, -0.25) is 10.3 Å². The van der Waals surface area contributed by atoms with E-state index in [0.29, 0.717) is 12.5 Å². The fourth-order valence-electron chi connectivity index (χ4n) is 2.51. The van der Waals surface area contributed by atoms with Crippen molar-refractivity contribution < 1.29 is 4.57 Å². The molecule has 0 bridgehead atoms. The topological polar surface area (TPSA) is 64.1 Å². The zero-order valence-corrected chi connectivity index (χ0v) is 14.8. The number of aliphatic imine (C=N–C) groups is 1. The van der Waals surface area contributed by atoms with Crippen molar-refractivity contribution in [2.24, 2.45) is 12.0 Å². The van der Waals surface area contributed by atoms with Crippen LogP contribution in [0.2, 0.25) is 0 Å². The zero-order valence-electron chi connectivity index (χ0n) is 14.8. The highest BCUT2D eigenvalue weighted by atomic mass is 15.2. The minimum absolute atomic E-state index is 0.501. The lowest BCUT2D eigenvalue weighted by Gasteiger charge is -2.07. The Labute approximate surface area is 150 Å². The van der Waals surface area contributed by atoms with E-state index in [9.17, 15) is 0 Å². The van der Waals surface area contributed by atoms with Crippen molar-refractivity contribution in [1.29, 1.82) is 5.26 Å². The van der Waals surface area contributed by atoms with Crippen LogP contribution in [-0.4, -0.2) is 12.5 Å². The molecule has 2 N–H and O–H groups in total. The molecular formula is C20H26N5+. The zero-order chi connectivity index (χ0) is 17.7. The Morgan fingerprint density at radius 1 is 1.04 bits per heavy atom. The molecule has 130 valence electrons. The molecule has 5 heteroatoms. The maximum Gasteiger partial charge on any atom is 0.209 e. The van der Waals surface area contributed by atoms with Gasteiger partial charge in [0.05, 0.1) is 5.69 Å². The van der Waals surface area contributed by atoms with Crippen LogP contribution in [0.3, 0.4) is 0 Å². The molecule has 25 heavy (non-hydrogen) atoms. The third kappa shape index (κ3) is 7.49. The van der Waals surface area contributed by atoms with Gasteiger partial charge in [0.25, 0.3) is 0 Å². The number of unbranched alkanes of at least 4 members (excludes halogenated alkanes) is 3. The number of aromatic nitrogens is 1. The first-order valence-corrected chi connectivity index (χ1v) is 8.74. The molecule has 2 aromatic rings. The van der Waals surface area contributed by atoms with E-state index in [1.165, 1.54) is 18.4 Å². The van der Waals surface area contributed by atoms with Gasteiger partial charge in [0, 0.05) is 18.7 Å². The Hall–Kier alpha value is -2.87. The van der Waals surface area contributed by atoms with E-state index >= 15 is 0 Å². The number of anilines is 1. The number of guanidine groups is 1. The molecule has 0 atom stereocenters. The minimum Gasteiger partial charge on any atom is -0.325 e. The largest absolute Gasteiger partial charge is 0.325 e. The van der Waals surface area contributed by atoms with Gasteiger partial charge in [0.2, 0.25) is 5.96 Å². The maximum absolute atomic E-state index is 8.85. The molecule has 0 aliphatic rings. The van der Waals surface area contributed by atoms with Crippen molar-refractivity contribution in [3.05, 3.63) is 60.4 Å². The van der Waals surface area contributed by atoms with Gasteiger partial charge in [0.1, 0.15) is 7.05 Å². The number of pyridine rings is 1. The molecule has 0 amide bonds. The van der Waals surface area contributed by atoms with Crippen LogP contribution in [0.4, 0.5) is 5.69 Å².